The quantitative estimate of drug-likeness (QED) is 0.475. The predicted octanol–water partition coefficient (Wildman–Crippen LogP) is 2.41. The molecule has 0 fully saturated rings. The Balaban J connectivity index is 2.09. The van der Waals surface area contributed by atoms with E-state index in [-0.39, 0.29) is 17.8 Å². The van der Waals surface area contributed by atoms with Gasteiger partial charge >= 0.3 is 5.69 Å². The molecule has 8 nitrogen and oxygen atoms in total. The van der Waals surface area contributed by atoms with E-state index in [0.717, 1.165) is 28.2 Å². The van der Waals surface area contributed by atoms with Crippen LogP contribution in [0.1, 0.15) is 29.4 Å². The minimum absolute atomic E-state index is 0.207. The van der Waals surface area contributed by atoms with Gasteiger partial charge in [-0.1, -0.05) is 6.07 Å². The fraction of sp³-hybridized carbons (Fsp3) is 0.409. The van der Waals surface area contributed by atoms with Gasteiger partial charge in [0.2, 0.25) is 5.78 Å². The van der Waals surface area contributed by atoms with E-state index in [1.54, 1.807) is 7.05 Å². The highest BCUT2D eigenvalue weighted by Gasteiger charge is 2.23. The summed E-state index contributed by atoms with van der Waals surface area (Å²) in [5, 5.41) is 0. The molecule has 4 rings (SSSR count). The molecule has 3 aromatic heterocycles. The standard InChI is InChI=1S/C22H27N5O3/c1-7-30-9-8-25-20(28)18-19(24(6)22(25)29)23-21-26(15(4)16(5)27(18)21)17-11-13(2)10-14(3)12-17/h10-12H,7-9H2,1-6H3. The number of nitrogens with zero attached hydrogens (tertiary/aromatic N) is 5. The van der Waals surface area contributed by atoms with Crippen LogP contribution in [-0.2, 0) is 18.3 Å². The molecule has 8 heteroatoms. The lowest BCUT2D eigenvalue weighted by Crippen LogP contribution is -2.40. The molecule has 0 aliphatic rings. The Morgan fingerprint density at radius 1 is 1.00 bits per heavy atom. The highest BCUT2D eigenvalue weighted by atomic mass is 16.5. The third-order valence-electron chi connectivity index (χ3n) is 5.65. The summed E-state index contributed by atoms with van der Waals surface area (Å²) in [7, 11) is 1.65. The molecule has 0 bridgehead atoms. The van der Waals surface area contributed by atoms with Gasteiger partial charge in [0, 0.05) is 30.7 Å². The highest BCUT2D eigenvalue weighted by molar-refractivity contribution is 5.77. The van der Waals surface area contributed by atoms with Crippen molar-refractivity contribution in [2.75, 3.05) is 13.2 Å². The molecule has 1 aromatic carbocycles. The van der Waals surface area contributed by atoms with E-state index < -0.39 is 0 Å². The van der Waals surface area contributed by atoms with Crippen LogP contribution in [-0.4, -0.2) is 36.3 Å². The zero-order chi connectivity index (χ0) is 21.7. The van der Waals surface area contributed by atoms with E-state index in [0.29, 0.717) is 30.2 Å². The van der Waals surface area contributed by atoms with Crippen LogP contribution in [0.2, 0.25) is 0 Å². The third-order valence-corrected chi connectivity index (χ3v) is 5.65. The Kier molecular flexibility index (Phi) is 4.89. The Morgan fingerprint density at radius 3 is 2.30 bits per heavy atom. The van der Waals surface area contributed by atoms with Gasteiger partial charge in [0.1, 0.15) is 0 Å². The summed E-state index contributed by atoms with van der Waals surface area (Å²) in [5.41, 5.74) is 5.26. The van der Waals surface area contributed by atoms with Crippen molar-refractivity contribution in [1.29, 1.82) is 0 Å². The van der Waals surface area contributed by atoms with E-state index in [9.17, 15) is 9.59 Å². The van der Waals surface area contributed by atoms with Crippen molar-refractivity contribution in [2.45, 2.75) is 41.2 Å². The first-order valence-corrected chi connectivity index (χ1v) is 10.1. The van der Waals surface area contributed by atoms with Crippen LogP contribution >= 0.6 is 0 Å². The lowest BCUT2D eigenvalue weighted by atomic mass is 10.1. The van der Waals surface area contributed by atoms with Gasteiger partial charge < -0.3 is 4.74 Å². The number of fused-ring (bicyclic) bond motifs is 3. The van der Waals surface area contributed by atoms with Crippen LogP contribution in [0.4, 0.5) is 0 Å². The average molecular weight is 409 g/mol. The molecule has 4 aromatic rings. The third kappa shape index (κ3) is 2.90. The Labute approximate surface area is 174 Å². The Morgan fingerprint density at radius 2 is 1.67 bits per heavy atom. The number of benzene rings is 1. The summed E-state index contributed by atoms with van der Waals surface area (Å²) in [6, 6.07) is 6.31. The average Bonchev–Trinajstić information content (AvgIpc) is 3.18. The van der Waals surface area contributed by atoms with E-state index in [2.05, 4.69) is 32.0 Å². The van der Waals surface area contributed by atoms with Gasteiger partial charge in [-0.15, -0.1) is 0 Å². The van der Waals surface area contributed by atoms with Gasteiger partial charge in [0.25, 0.3) is 5.56 Å². The molecule has 0 radical (unpaired) electrons. The smallest absolute Gasteiger partial charge is 0.332 e. The summed E-state index contributed by atoms with van der Waals surface area (Å²) in [6.45, 7) is 11.0. The molecule has 0 N–H and O–H groups in total. The molecular formula is C22H27N5O3. The summed E-state index contributed by atoms with van der Waals surface area (Å²) in [5.74, 6) is 0.625. The zero-order valence-corrected chi connectivity index (χ0v) is 18.3. The molecule has 0 atom stereocenters. The van der Waals surface area contributed by atoms with Crippen LogP contribution in [0.25, 0.3) is 22.6 Å². The number of imidazole rings is 2. The van der Waals surface area contributed by atoms with E-state index in [4.69, 9.17) is 9.72 Å². The molecule has 0 aliphatic carbocycles. The largest absolute Gasteiger partial charge is 0.380 e. The van der Waals surface area contributed by atoms with Crippen LogP contribution in [0, 0.1) is 27.7 Å². The summed E-state index contributed by atoms with van der Waals surface area (Å²) >= 11 is 0. The minimum Gasteiger partial charge on any atom is -0.380 e. The number of ether oxygens (including phenoxy) is 1. The maximum absolute atomic E-state index is 13.3. The second-order valence-electron chi connectivity index (χ2n) is 7.77. The van der Waals surface area contributed by atoms with Gasteiger partial charge in [0.05, 0.1) is 13.2 Å². The van der Waals surface area contributed by atoms with Crippen LogP contribution in [0.3, 0.4) is 0 Å². The number of rotatable bonds is 5. The van der Waals surface area contributed by atoms with Gasteiger partial charge in [-0.05, 0) is 57.9 Å². The van der Waals surface area contributed by atoms with Crippen LogP contribution in [0.5, 0.6) is 0 Å². The minimum atomic E-state index is -0.389. The molecule has 158 valence electrons. The van der Waals surface area contributed by atoms with E-state index >= 15 is 0 Å². The van der Waals surface area contributed by atoms with Crippen molar-refractivity contribution in [1.82, 2.24) is 23.1 Å². The van der Waals surface area contributed by atoms with E-state index in [1.165, 1.54) is 9.13 Å². The molecular weight excluding hydrogens is 382 g/mol. The van der Waals surface area contributed by atoms with Gasteiger partial charge in [-0.3, -0.25) is 22.9 Å². The molecule has 3 heterocycles. The molecule has 0 spiro atoms. The summed E-state index contributed by atoms with van der Waals surface area (Å²) in [4.78, 5) is 30.9. The Hall–Kier alpha value is -3.13. The van der Waals surface area contributed by atoms with Gasteiger partial charge in [0.15, 0.2) is 11.2 Å². The first kappa shape index (κ1) is 20.2. The maximum atomic E-state index is 13.3. The first-order valence-electron chi connectivity index (χ1n) is 10.1. The molecule has 30 heavy (non-hydrogen) atoms. The van der Waals surface area contributed by atoms with Crippen molar-refractivity contribution in [3.05, 3.63) is 61.6 Å². The maximum Gasteiger partial charge on any atom is 0.332 e. The van der Waals surface area contributed by atoms with Crippen molar-refractivity contribution in [3.63, 3.8) is 0 Å². The SMILES string of the molecule is CCOCCn1c(=O)c2c(nc3n(-c4cc(C)cc(C)c4)c(C)c(C)n23)n(C)c1=O. The van der Waals surface area contributed by atoms with Crippen molar-refractivity contribution < 1.29 is 4.74 Å². The van der Waals surface area contributed by atoms with Crippen molar-refractivity contribution in [3.8, 4) is 5.69 Å². The van der Waals surface area contributed by atoms with Crippen LogP contribution < -0.4 is 11.2 Å². The van der Waals surface area contributed by atoms with Gasteiger partial charge in [-0.2, -0.15) is 4.98 Å². The number of hydrogen-bond acceptors (Lipinski definition) is 4. The zero-order valence-electron chi connectivity index (χ0n) is 18.3. The number of aromatic nitrogens is 5. The number of hydrogen-bond donors (Lipinski definition) is 0. The molecule has 0 saturated heterocycles. The summed E-state index contributed by atoms with van der Waals surface area (Å²) in [6.07, 6.45) is 0. The summed E-state index contributed by atoms with van der Waals surface area (Å²) < 4.78 is 11.9. The molecule has 0 amide bonds. The monoisotopic (exact) mass is 409 g/mol. The molecule has 0 aliphatic heterocycles. The lowest BCUT2D eigenvalue weighted by Gasteiger charge is -2.09. The predicted molar refractivity (Wildman–Crippen MR) is 117 cm³/mol. The van der Waals surface area contributed by atoms with Gasteiger partial charge in [-0.25, -0.2) is 4.79 Å². The second kappa shape index (κ2) is 7.28. The van der Waals surface area contributed by atoms with Crippen molar-refractivity contribution in [2.24, 2.45) is 7.05 Å². The fourth-order valence-electron chi connectivity index (χ4n) is 4.14. The Bertz CT molecular complexity index is 1380. The first-order chi connectivity index (χ1) is 14.3. The lowest BCUT2D eigenvalue weighted by molar-refractivity contribution is 0.137. The highest BCUT2D eigenvalue weighted by Crippen LogP contribution is 2.25. The van der Waals surface area contributed by atoms with E-state index in [1.807, 2.05) is 29.7 Å². The molecule has 0 saturated carbocycles. The van der Waals surface area contributed by atoms with Crippen molar-refractivity contribution >= 4 is 16.9 Å². The molecule has 0 unspecified atom stereocenters. The number of aryl methyl sites for hydroxylation is 4. The van der Waals surface area contributed by atoms with Crippen LogP contribution in [0.15, 0.2) is 27.8 Å². The fourth-order valence-corrected chi connectivity index (χ4v) is 4.14. The second-order valence-corrected chi connectivity index (χ2v) is 7.77. The topological polar surface area (TPSA) is 75.5 Å². The normalized spacial score (nSPS) is 11.8.